The van der Waals surface area contributed by atoms with Crippen LogP contribution in [0.1, 0.15) is 24.4 Å². The van der Waals surface area contributed by atoms with Crippen molar-refractivity contribution in [2.24, 2.45) is 4.99 Å². The molecule has 38 heavy (non-hydrogen) atoms. The molecule has 0 bridgehead atoms. The number of aromatic nitrogens is 2. The maximum Gasteiger partial charge on any atom is 0.270 e. The monoisotopic (exact) mass is 572 g/mol. The molecular formula is C29H22BrFN4O3. The summed E-state index contributed by atoms with van der Waals surface area (Å²) in [5, 5.41) is 6.30. The second kappa shape index (κ2) is 9.74. The van der Waals surface area contributed by atoms with Gasteiger partial charge in [-0.25, -0.2) is 14.1 Å². The SMILES string of the molecule is CC1O[C@@H](c2nn(-c3ccc(Br)cc3)cc2-c2ccc(F)cc2)N(CCc2ccc3c(c2)=CC(=O)N=3)C1=O. The first-order valence-corrected chi connectivity index (χ1v) is 13.0. The van der Waals surface area contributed by atoms with E-state index in [0.717, 1.165) is 32.1 Å². The van der Waals surface area contributed by atoms with E-state index in [1.165, 1.54) is 18.2 Å². The Morgan fingerprint density at radius 3 is 2.55 bits per heavy atom. The van der Waals surface area contributed by atoms with E-state index in [4.69, 9.17) is 9.84 Å². The van der Waals surface area contributed by atoms with E-state index in [9.17, 15) is 14.0 Å². The van der Waals surface area contributed by atoms with Crippen LogP contribution in [0.4, 0.5) is 4.39 Å². The molecule has 3 heterocycles. The van der Waals surface area contributed by atoms with Crippen molar-refractivity contribution < 1.29 is 18.7 Å². The molecule has 1 unspecified atom stereocenters. The topological polar surface area (TPSA) is 76.8 Å². The van der Waals surface area contributed by atoms with E-state index in [1.54, 1.807) is 28.6 Å². The molecule has 1 saturated heterocycles. The van der Waals surface area contributed by atoms with Crippen LogP contribution < -0.4 is 10.6 Å². The minimum absolute atomic E-state index is 0.129. The third kappa shape index (κ3) is 4.59. The number of ether oxygens (including phenoxy) is 1. The first kappa shape index (κ1) is 24.4. The van der Waals surface area contributed by atoms with Gasteiger partial charge in [-0.1, -0.05) is 34.1 Å². The van der Waals surface area contributed by atoms with Gasteiger partial charge in [0.2, 0.25) is 0 Å². The summed E-state index contributed by atoms with van der Waals surface area (Å²) in [6.45, 7) is 2.13. The fraction of sp³-hybridized carbons (Fsp3) is 0.172. The largest absolute Gasteiger partial charge is 0.339 e. The molecule has 0 saturated carbocycles. The maximum absolute atomic E-state index is 13.7. The van der Waals surface area contributed by atoms with Gasteiger partial charge in [0, 0.05) is 34.1 Å². The predicted molar refractivity (Wildman–Crippen MR) is 142 cm³/mol. The number of carbonyl (C=O) groups is 2. The number of benzene rings is 3. The summed E-state index contributed by atoms with van der Waals surface area (Å²) in [5.74, 6) is -0.723. The van der Waals surface area contributed by atoms with Crippen molar-refractivity contribution >= 4 is 33.8 Å². The molecule has 0 radical (unpaired) electrons. The van der Waals surface area contributed by atoms with Gasteiger partial charge < -0.3 is 9.64 Å². The highest BCUT2D eigenvalue weighted by Crippen LogP contribution is 2.37. The number of carbonyl (C=O) groups excluding carboxylic acids is 2. The lowest BCUT2D eigenvalue weighted by molar-refractivity contribution is -0.130. The normalized spacial score (nSPS) is 18.4. The predicted octanol–water partition coefficient (Wildman–Crippen LogP) is 3.87. The second-order valence-electron chi connectivity index (χ2n) is 9.26. The average molecular weight is 573 g/mol. The molecule has 6 rings (SSSR count). The van der Waals surface area contributed by atoms with Gasteiger partial charge in [0.1, 0.15) is 17.6 Å². The lowest BCUT2D eigenvalue weighted by Gasteiger charge is -2.22. The number of fused-ring (bicyclic) bond motifs is 1. The van der Waals surface area contributed by atoms with Crippen LogP contribution in [-0.4, -0.2) is 39.1 Å². The number of hydrogen-bond acceptors (Lipinski definition) is 4. The van der Waals surface area contributed by atoms with Crippen LogP contribution in [0.15, 0.2) is 82.4 Å². The van der Waals surface area contributed by atoms with Gasteiger partial charge in [-0.3, -0.25) is 9.59 Å². The van der Waals surface area contributed by atoms with Crippen LogP contribution in [0.25, 0.3) is 22.9 Å². The van der Waals surface area contributed by atoms with Crippen molar-refractivity contribution in [3.8, 4) is 16.8 Å². The first-order chi connectivity index (χ1) is 18.4. The summed E-state index contributed by atoms with van der Waals surface area (Å²) in [6, 6.07) is 19.6. The molecule has 2 aliphatic rings. The molecule has 2 atom stereocenters. The van der Waals surface area contributed by atoms with Gasteiger partial charge >= 0.3 is 0 Å². The highest BCUT2D eigenvalue weighted by molar-refractivity contribution is 9.10. The fourth-order valence-corrected chi connectivity index (χ4v) is 5.04. The standard InChI is InChI=1S/C29H22BrFN4O3/c1-17-28(37)34(13-12-18-2-11-25-20(14-18)15-26(36)32-25)29(38-17)27-24(19-3-7-22(31)8-4-19)16-35(33-27)23-9-5-21(30)6-10-23/h2-11,14-17,29H,12-13H2,1H3/t17?,29-/m0/s1. The quantitative estimate of drug-likeness (QED) is 0.351. The third-order valence-corrected chi connectivity index (χ3v) is 7.24. The Morgan fingerprint density at radius 1 is 1.03 bits per heavy atom. The van der Waals surface area contributed by atoms with Crippen molar-refractivity contribution in [3.05, 3.63) is 105 Å². The van der Waals surface area contributed by atoms with Crippen LogP contribution in [0, 0.1) is 5.82 Å². The van der Waals surface area contributed by atoms with Gasteiger partial charge in [0.25, 0.3) is 11.8 Å². The number of hydrogen-bond donors (Lipinski definition) is 0. The Balaban J connectivity index is 1.36. The maximum atomic E-state index is 13.7. The number of amides is 2. The van der Waals surface area contributed by atoms with Crippen LogP contribution in [0.5, 0.6) is 0 Å². The minimum Gasteiger partial charge on any atom is -0.339 e. The van der Waals surface area contributed by atoms with Gasteiger partial charge in [-0.05, 0) is 73.0 Å². The van der Waals surface area contributed by atoms with Gasteiger partial charge in [0.15, 0.2) is 6.23 Å². The van der Waals surface area contributed by atoms with Gasteiger partial charge in [0.05, 0.1) is 11.0 Å². The number of nitrogens with zero attached hydrogens (tertiary/aromatic N) is 4. The highest BCUT2D eigenvalue weighted by Gasteiger charge is 2.41. The van der Waals surface area contributed by atoms with E-state index in [-0.39, 0.29) is 17.6 Å². The molecule has 190 valence electrons. The van der Waals surface area contributed by atoms with Crippen molar-refractivity contribution in [1.29, 1.82) is 0 Å². The summed E-state index contributed by atoms with van der Waals surface area (Å²) in [4.78, 5) is 30.5. The zero-order chi connectivity index (χ0) is 26.4. The van der Waals surface area contributed by atoms with Crippen molar-refractivity contribution in [3.63, 3.8) is 0 Å². The third-order valence-electron chi connectivity index (χ3n) is 6.71. The molecule has 0 N–H and O–H groups in total. The van der Waals surface area contributed by atoms with E-state index >= 15 is 0 Å². The van der Waals surface area contributed by atoms with Crippen LogP contribution in [0.2, 0.25) is 0 Å². The lowest BCUT2D eigenvalue weighted by Crippen LogP contribution is -2.33. The van der Waals surface area contributed by atoms with Crippen molar-refractivity contribution in [1.82, 2.24) is 14.7 Å². The van der Waals surface area contributed by atoms with Crippen LogP contribution in [0.3, 0.4) is 0 Å². The summed E-state index contributed by atoms with van der Waals surface area (Å²) in [6.07, 6.45) is 2.60. The van der Waals surface area contributed by atoms with Crippen LogP contribution in [-0.2, 0) is 20.7 Å². The Morgan fingerprint density at radius 2 is 1.79 bits per heavy atom. The zero-order valence-electron chi connectivity index (χ0n) is 20.3. The zero-order valence-corrected chi connectivity index (χ0v) is 21.9. The van der Waals surface area contributed by atoms with Crippen molar-refractivity contribution in [2.75, 3.05) is 6.54 Å². The molecule has 1 aromatic heterocycles. The fourth-order valence-electron chi connectivity index (χ4n) is 4.77. The van der Waals surface area contributed by atoms with E-state index in [0.29, 0.717) is 24.0 Å². The smallest absolute Gasteiger partial charge is 0.270 e. The highest BCUT2D eigenvalue weighted by atomic mass is 79.9. The molecule has 9 heteroatoms. The Bertz CT molecular complexity index is 1680. The molecule has 1 fully saturated rings. The second-order valence-corrected chi connectivity index (χ2v) is 10.2. The van der Waals surface area contributed by atoms with Crippen molar-refractivity contribution in [2.45, 2.75) is 25.7 Å². The van der Waals surface area contributed by atoms with E-state index in [1.807, 2.05) is 48.7 Å². The molecular weight excluding hydrogens is 551 g/mol. The summed E-state index contributed by atoms with van der Waals surface area (Å²) >= 11 is 3.46. The van der Waals surface area contributed by atoms with Gasteiger partial charge in [-0.2, -0.15) is 5.10 Å². The molecule has 3 aromatic carbocycles. The Hall–Kier alpha value is -3.95. The molecule has 4 aromatic rings. The molecule has 0 spiro atoms. The van der Waals surface area contributed by atoms with E-state index in [2.05, 4.69) is 20.9 Å². The summed E-state index contributed by atoms with van der Waals surface area (Å²) in [7, 11) is 0. The number of halogens is 2. The molecule has 2 aliphatic heterocycles. The Kier molecular flexibility index (Phi) is 6.25. The lowest BCUT2D eigenvalue weighted by atomic mass is 10.0. The minimum atomic E-state index is -0.716. The average Bonchev–Trinajstić information content (AvgIpc) is 3.58. The molecule has 0 aliphatic carbocycles. The molecule has 2 amide bonds. The Labute approximate surface area is 226 Å². The summed E-state index contributed by atoms with van der Waals surface area (Å²) in [5.41, 5.74) is 3.90. The van der Waals surface area contributed by atoms with E-state index < -0.39 is 12.3 Å². The first-order valence-electron chi connectivity index (χ1n) is 12.2. The van der Waals surface area contributed by atoms with Crippen LogP contribution >= 0.6 is 15.9 Å². The molecule has 7 nitrogen and oxygen atoms in total. The van der Waals surface area contributed by atoms with Gasteiger partial charge in [-0.15, -0.1) is 0 Å². The number of rotatable bonds is 6. The summed E-state index contributed by atoms with van der Waals surface area (Å²) < 4.78 is 22.6.